The van der Waals surface area contributed by atoms with Gasteiger partial charge in [0.1, 0.15) is 5.75 Å². The SMILES string of the molecule is COc1cc(/C=C2\SC(=Nc3cccc(O)c3)N(C)C2=O)ccc1O. The predicted molar refractivity (Wildman–Crippen MR) is 98.2 cm³/mol. The maximum atomic E-state index is 12.4. The maximum Gasteiger partial charge on any atom is 0.266 e. The number of phenols is 2. The third-order valence-electron chi connectivity index (χ3n) is 3.56. The summed E-state index contributed by atoms with van der Waals surface area (Å²) < 4.78 is 5.08. The molecule has 25 heavy (non-hydrogen) atoms. The van der Waals surface area contributed by atoms with Crippen LogP contribution in [0.2, 0.25) is 0 Å². The Morgan fingerprint density at radius 3 is 2.72 bits per heavy atom. The molecule has 0 unspecified atom stereocenters. The zero-order chi connectivity index (χ0) is 18.0. The lowest BCUT2D eigenvalue weighted by Crippen LogP contribution is -2.23. The molecule has 2 aromatic carbocycles. The number of aromatic hydroxyl groups is 2. The zero-order valence-electron chi connectivity index (χ0n) is 13.6. The number of ether oxygens (including phenoxy) is 1. The number of nitrogens with zero attached hydrogens (tertiary/aromatic N) is 2. The minimum absolute atomic E-state index is 0.0401. The summed E-state index contributed by atoms with van der Waals surface area (Å²) in [5.74, 6) is 0.326. The van der Waals surface area contributed by atoms with Gasteiger partial charge in [0.2, 0.25) is 0 Å². The van der Waals surface area contributed by atoms with Crippen LogP contribution in [-0.2, 0) is 4.79 Å². The molecule has 7 heteroatoms. The number of benzene rings is 2. The van der Waals surface area contributed by atoms with Gasteiger partial charge in [-0.05, 0) is 47.7 Å². The minimum Gasteiger partial charge on any atom is -0.508 e. The van der Waals surface area contributed by atoms with Crippen molar-refractivity contribution < 1.29 is 19.7 Å². The van der Waals surface area contributed by atoms with Gasteiger partial charge in [0.25, 0.3) is 5.91 Å². The van der Waals surface area contributed by atoms with Crippen molar-refractivity contribution >= 4 is 34.6 Å². The van der Waals surface area contributed by atoms with E-state index in [0.29, 0.717) is 21.5 Å². The summed E-state index contributed by atoms with van der Waals surface area (Å²) in [6.45, 7) is 0. The fourth-order valence-electron chi connectivity index (χ4n) is 2.26. The van der Waals surface area contributed by atoms with E-state index in [9.17, 15) is 15.0 Å². The molecule has 0 aromatic heterocycles. The van der Waals surface area contributed by atoms with Gasteiger partial charge in [-0.2, -0.15) is 0 Å². The number of thioether (sulfide) groups is 1. The van der Waals surface area contributed by atoms with Crippen molar-refractivity contribution in [3.63, 3.8) is 0 Å². The average molecular weight is 356 g/mol. The Hall–Kier alpha value is -2.93. The molecule has 1 amide bonds. The number of methoxy groups -OCH3 is 1. The Balaban J connectivity index is 1.91. The van der Waals surface area contributed by atoms with Crippen LogP contribution in [0.4, 0.5) is 5.69 Å². The van der Waals surface area contributed by atoms with Crippen LogP contribution in [0.3, 0.4) is 0 Å². The van der Waals surface area contributed by atoms with Crippen molar-refractivity contribution in [2.75, 3.05) is 14.2 Å². The largest absolute Gasteiger partial charge is 0.508 e. The van der Waals surface area contributed by atoms with E-state index in [0.717, 1.165) is 5.56 Å². The number of hydrogen-bond acceptors (Lipinski definition) is 6. The molecule has 0 atom stereocenters. The van der Waals surface area contributed by atoms with E-state index in [2.05, 4.69) is 4.99 Å². The van der Waals surface area contributed by atoms with E-state index in [1.165, 1.54) is 35.9 Å². The lowest BCUT2D eigenvalue weighted by Gasteiger charge is -2.07. The van der Waals surface area contributed by atoms with Crippen LogP contribution in [0, 0.1) is 0 Å². The second-order valence-corrected chi connectivity index (χ2v) is 6.33. The number of likely N-dealkylation sites (N-methyl/N-ethyl adjacent to an activating group) is 1. The molecule has 6 nitrogen and oxygen atoms in total. The quantitative estimate of drug-likeness (QED) is 0.824. The van der Waals surface area contributed by atoms with Gasteiger partial charge in [-0.3, -0.25) is 9.69 Å². The van der Waals surface area contributed by atoms with Gasteiger partial charge in [-0.1, -0.05) is 12.1 Å². The highest BCUT2D eigenvalue weighted by Crippen LogP contribution is 2.35. The van der Waals surface area contributed by atoms with Gasteiger partial charge in [-0.15, -0.1) is 0 Å². The van der Waals surface area contributed by atoms with Crippen molar-refractivity contribution in [1.82, 2.24) is 4.90 Å². The summed E-state index contributed by atoms with van der Waals surface area (Å²) in [5, 5.41) is 19.7. The second kappa shape index (κ2) is 6.90. The highest BCUT2D eigenvalue weighted by atomic mass is 32.2. The number of hydrogen-bond donors (Lipinski definition) is 2. The number of carbonyl (C=O) groups is 1. The molecule has 2 aromatic rings. The molecular formula is C18H16N2O4S. The Morgan fingerprint density at radius 2 is 2.00 bits per heavy atom. The summed E-state index contributed by atoms with van der Waals surface area (Å²) in [4.78, 5) is 18.8. The van der Waals surface area contributed by atoms with Crippen molar-refractivity contribution in [1.29, 1.82) is 0 Å². The Kier molecular flexibility index (Phi) is 4.67. The lowest BCUT2D eigenvalue weighted by atomic mass is 10.2. The molecule has 1 heterocycles. The summed E-state index contributed by atoms with van der Waals surface area (Å²) in [5.41, 5.74) is 1.30. The van der Waals surface area contributed by atoms with Gasteiger partial charge in [0, 0.05) is 13.1 Å². The van der Waals surface area contributed by atoms with Crippen LogP contribution in [0.15, 0.2) is 52.4 Å². The predicted octanol–water partition coefficient (Wildman–Crippen LogP) is 3.34. The first-order valence-corrected chi connectivity index (χ1v) is 8.22. The first kappa shape index (κ1) is 16.9. The van der Waals surface area contributed by atoms with Crippen LogP contribution in [0.5, 0.6) is 17.2 Å². The Bertz CT molecular complexity index is 892. The molecule has 1 fully saturated rings. The number of amidine groups is 1. The molecule has 2 N–H and O–H groups in total. The molecule has 1 aliphatic heterocycles. The second-order valence-electron chi connectivity index (χ2n) is 5.32. The highest BCUT2D eigenvalue weighted by Gasteiger charge is 2.30. The average Bonchev–Trinajstić information content (AvgIpc) is 2.84. The fraction of sp³-hybridized carbons (Fsp3) is 0.111. The Morgan fingerprint density at radius 1 is 1.20 bits per heavy atom. The summed E-state index contributed by atoms with van der Waals surface area (Å²) in [6, 6.07) is 11.4. The van der Waals surface area contributed by atoms with Gasteiger partial charge in [0.15, 0.2) is 16.7 Å². The minimum atomic E-state index is -0.170. The number of phenolic OH excluding ortho intramolecular Hbond substituents is 2. The number of carbonyl (C=O) groups excluding carboxylic acids is 1. The topological polar surface area (TPSA) is 82.4 Å². The van der Waals surface area contributed by atoms with E-state index in [1.54, 1.807) is 43.5 Å². The fourth-order valence-corrected chi connectivity index (χ4v) is 3.25. The van der Waals surface area contributed by atoms with Gasteiger partial charge in [-0.25, -0.2) is 4.99 Å². The Labute approximate surface area is 149 Å². The summed E-state index contributed by atoms with van der Waals surface area (Å²) in [6.07, 6.45) is 1.72. The summed E-state index contributed by atoms with van der Waals surface area (Å²) >= 11 is 1.24. The van der Waals surface area contributed by atoms with Crippen LogP contribution < -0.4 is 4.74 Å². The molecule has 0 saturated carbocycles. The highest BCUT2D eigenvalue weighted by molar-refractivity contribution is 8.18. The molecule has 0 radical (unpaired) electrons. The molecule has 1 saturated heterocycles. The van der Waals surface area contributed by atoms with Crippen molar-refractivity contribution in [3.05, 3.63) is 52.9 Å². The molecule has 0 bridgehead atoms. The van der Waals surface area contributed by atoms with E-state index >= 15 is 0 Å². The molecule has 1 aliphatic rings. The first-order chi connectivity index (χ1) is 12.0. The first-order valence-electron chi connectivity index (χ1n) is 7.40. The third kappa shape index (κ3) is 3.61. The maximum absolute atomic E-state index is 12.4. The number of amides is 1. The number of aliphatic imine (C=N–C) groups is 1. The van der Waals surface area contributed by atoms with Crippen LogP contribution in [0.1, 0.15) is 5.56 Å². The van der Waals surface area contributed by atoms with Crippen LogP contribution in [-0.4, -0.2) is 40.3 Å². The van der Waals surface area contributed by atoms with Crippen LogP contribution in [0.25, 0.3) is 6.08 Å². The third-order valence-corrected chi connectivity index (χ3v) is 4.62. The van der Waals surface area contributed by atoms with Gasteiger partial charge < -0.3 is 14.9 Å². The van der Waals surface area contributed by atoms with Crippen molar-refractivity contribution in [3.8, 4) is 17.2 Å². The van der Waals surface area contributed by atoms with E-state index in [-0.39, 0.29) is 17.4 Å². The summed E-state index contributed by atoms with van der Waals surface area (Å²) in [7, 11) is 3.12. The molecule has 128 valence electrons. The van der Waals surface area contributed by atoms with Crippen molar-refractivity contribution in [2.45, 2.75) is 0 Å². The van der Waals surface area contributed by atoms with Gasteiger partial charge >= 0.3 is 0 Å². The van der Waals surface area contributed by atoms with E-state index in [4.69, 9.17) is 4.74 Å². The zero-order valence-corrected chi connectivity index (χ0v) is 14.4. The normalized spacial score (nSPS) is 17.5. The lowest BCUT2D eigenvalue weighted by molar-refractivity contribution is -0.121. The monoisotopic (exact) mass is 356 g/mol. The van der Waals surface area contributed by atoms with Crippen molar-refractivity contribution in [2.24, 2.45) is 4.99 Å². The van der Waals surface area contributed by atoms with Crippen LogP contribution >= 0.6 is 11.8 Å². The molecule has 3 rings (SSSR count). The molecule has 0 spiro atoms. The molecular weight excluding hydrogens is 340 g/mol. The van der Waals surface area contributed by atoms with E-state index < -0.39 is 0 Å². The number of rotatable bonds is 3. The molecule has 0 aliphatic carbocycles. The smallest absolute Gasteiger partial charge is 0.266 e. The van der Waals surface area contributed by atoms with Gasteiger partial charge in [0.05, 0.1) is 17.7 Å². The standard InChI is InChI=1S/C18H16N2O4S/c1-20-17(23)16(9-11-6-7-14(22)15(8-11)24-2)25-18(20)19-12-4-3-5-13(21)10-12/h3-10,21-22H,1-2H3/b16-9-,19-18?. The van der Waals surface area contributed by atoms with E-state index in [1.807, 2.05) is 0 Å².